The van der Waals surface area contributed by atoms with Gasteiger partial charge in [0.1, 0.15) is 30.7 Å². The Morgan fingerprint density at radius 3 is 2.35 bits per heavy atom. The number of aromatic nitrogens is 1. The van der Waals surface area contributed by atoms with Gasteiger partial charge in [0.25, 0.3) is 0 Å². The van der Waals surface area contributed by atoms with Gasteiger partial charge in [-0.2, -0.15) is 0 Å². The predicted octanol–water partition coefficient (Wildman–Crippen LogP) is 3.18. The Kier molecular flexibility index (Phi) is 4.84. The average molecular weight is 289 g/mol. The molecular weight excluding hydrogens is 274 g/mol. The van der Waals surface area contributed by atoms with E-state index in [4.69, 9.17) is 9.68 Å². The van der Waals surface area contributed by atoms with Crippen molar-refractivity contribution in [2.24, 2.45) is 10.3 Å². The molecule has 104 valence electrons. The van der Waals surface area contributed by atoms with Crippen LogP contribution in [-0.2, 0) is 9.68 Å². The highest BCUT2D eigenvalue weighted by Crippen LogP contribution is 2.22. The molecule has 0 bridgehead atoms. The number of oxime groups is 2. The van der Waals surface area contributed by atoms with Crippen LogP contribution in [0.25, 0.3) is 10.6 Å². The van der Waals surface area contributed by atoms with E-state index in [2.05, 4.69) is 15.3 Å². The van der Waals surface area contributed by atoms with E-state index >= 15 is 0 Å². The van der Waals surface area contributed by atoms with Crippen LogP contribution in [0, 0.1) is 0 Å². The van der Waals surface area contributed by atoms with E-state index in [9.17, 15) is 0 Å². The van der Waals surface area contributed by atoms with Crippen LogP contribution in [0.15, 0.2) is 46.2 Å². The van der Waals surface area contributed by atoms with E-state index in [0.717, 1.165) is 16.1 Å². The summed E-state index contributed by atoms with van der Waals surface area (Å²) in [6.45, 7) is 1.82. The van der Waals surface area contributed by atoms with Crippen molar-refractivity contribution >= 4 is 22.8 Å². The Morgan fingerprint density at radius 2 is 1.80 bits per heavy atom. The fraction of sp³-hybridized carbons (Fsp3) is 0.214. The summed E-state index contributed by atoms with van der Waals surface area (Å²) >= 11 is 1.61. The molecule has 5 nitrogen and oxygen atoms in total. The number of nitrogens with zero attached hydrogens (tertiary/aromatic N) is 3. The van der Waals surface area contributed by atoms with Gasteiger partial charge < -0.3 is 9.68 Å². The molecule has 20 heavy (non-hydrogen) atoms. The maximum atomic E-state index is 4.87. The highest BCUT2D eigenvalue weighted by atomic mass is 32.1. The van der Waals surface area contributed by atoms with Crippen LogP contribution < -0.4 is 0 Å². The normalized spacial score (nSPS) is 12.3. The van der Waals surface area contributed by atoms with Gasteiger partial charge in [-0.15, -0.1) is 11.3 Å². The molecule has 1 aromatic heterocycles. The summed E-state index contributed by atoms with van der Waals surface area (Å²) in [6, 6.07) is 7.92. The molecular formula is C14H15N3O2S. The summed E-state index contributed by atoms with van der Waals surface area (Å²) in [5.41, 5.74) is 3.27. The molecule has 2 aromatic rings. The zero-order valence-electron chi connectivity index (χ0n) is 11.5. The van der Waals surface area contributed by atoms with Crippen molar-refractivity contribution < 1.29 is 9.68 Å². The lowest BCUT2D eigenvalue weighted by Gasteiger charge is -2.05. The minimum atomic E-state index is 0.639. The molecule has 0 unspecified atom stereocenters. The minimum Gasteiger partial charge on any atom is -0.399 e. The molecule has 0 aliphatic carbocycles. The van der Waals surface area contributed by atoms with E-state index in [-0.39, 0.29) is 0 Å². The molecule has 0 spiro atoms. The smallest absolute Gasteiger partial charge is 0.134 e. The second-order valence-electron chi connectivity index (χ2n) is 3.90. The first-order valence-corrected chi connectivity index (χ1v) is 6.83. The lowest BCUT2D eigenvalue weighted by atomic mass is 10.1. The molecule has 6 heteroatoms. The number of thiazole rings is 1. The maximum Gasteiger partial charge on any atom is 0.134 e. The van der Waals surface area contributed by atoms with Crippen LogP contribution in [0.2, 0.25) is 0 Å². The van der Waals surface area contributed by atoms with Crippen molar-refractivity contribution in [1.82, 2.24) is 4.98 Å². The molecule has 1 heterocycles. The molecule has 0 N–H and O–H groups in total. The van der Waals surface area contributed by atoms with Gasteiger partial charge in [0.2, 0.25) is 0 Å². The Morgan fingerprint density at radius 1 is 1.10 bits per heavy atom. The monoisotopic (exact) mass is 289 g/mol. The van der Waals surface area contributed by atoms with E-state index in [0.29, 0.717) is 11.4 Å². The summed E-state index contributed by atoms with van der Waals surface area (Å²) < 4.78 is 0. The van der Waals surface area contributed by atoms with Crippen molar-refractivity contribution in [3.8, 4) is 10.6 Å². The van der Waals surface area contributed by atoms with Gasteiger partial charge >= 0.3 is 0 Å². The third-order valence-corrected chi connectivity index (χ3v) is 3.41. The van der Waals surface area contributed by atoms with Crippen molar-refractivity contribution in [3.63, 3.8) is 0 Å². The van der Waals surface area contributed by atoms with Gasteiger partial charge in [-0.05, 0) is 6.92 Å². The molecule has 1 aromatic carbocycles. The summed E-state index contributed by atoms with van der Waals surface area (Å²) in [4.78, 5) is 13.9. The quantitative estimate of drug-likeness (QED) is 0.627. The highest BCUT2D eigenvalue weighted by Gasteiger charge is 2.10. The summed E-state index contributed by atoms with van der Waals surface area (Å²) in [7, 11) is 3.00. The third-order valence-electron chi connectivity index (χ3n) is 2.59. The van der Waals surface area contributed by atoms with Gasteiger partial charge in [0.15, 0.2) is 0 Å². The first kappa shape index (κ1) is 14.2. The Labute approximate surface area is 121 Å². The van der Waals surface area contributed by atoms with Crippen molar-refractivity contribution in [1.29, 1.82) is 0 Å². The van der Waals surface area contributed by atoms with E-state index in [1.54, 1.807) is 17.5 Å². The van der Waals surface area contributed by atoms with Crippen LogP contribution in [-0.4, -0.2) is 30.6 Å². The molecule has 0 aliphatic heterocycles. The van der Waals surface area contributed by atoms with Crippen molar-refractivity contribution in [2.75, 3.05) is 14.2 Å². The van der Waals surface area contributed by atoms with E-state index in [1.807, 2.05) is 36.6 Å². The minimum absolute atomic E-state index is 0.639. The molecule has 0 saturated carbocycles. The first-order valence-electron chi connectivity index (χ1n) is 5.96. The van der Waals surface area contributed by atoms with Crippen molar-refractivity contribution in [2.45, 2.75) is 6.92 Å². The van der Waals surface area contributed by atoms with Gasteiger partial charge in [-0.1, -0.05) is 34.6 Å². The first-order chi connectivity index (χ1) is 9.76. The van der Waals surface area contributed by atoms with Crippen LogP contribution in [0.3, 0.4) is 0 Å². The summed E-state index contributed by atoms with van der Waals surface area (Å²) in [5, 5.41) is 10.8. The molecule has 0 aliphatic rings. The number of hydrogen-bond donors (Lipinski definition) is 0. The third kappa shape index (κ3) is 3.21. The van der Waals surface area contributed by atoms with Gasteiger partial charge in [-0.3, -0.25) is 0 Å². The SMILES string of the molecule is CON=C(C)C(=NOC)c1ccc(-c2nccs2)cc1. The molecule has 0 radical (unpaired) electrons. The summed E-state index contributed by atoms with van der Waals surface area (Å²) in [6.07, 6.45) is 1.79. The second-order valence-corrected chi connectivity index (χ2v) is 4.79. The number of benzene rings is 1. The van der Waals surface area contributed by atoms with E-state index < -0.39 is 0 Å². The summed E-state index contributed by atoms with van der Waals surface area (Å²) in [5.74, 6) is 0. The van der Waals surface area contributed by atoms with Crippen LogP contribution in [0.4, 0.5) is 0 Å². The van der Waals surface area contributed by atoms with Gasteiger partial charge in [-0.25, -0.2) is 4.98 Å². The molecule has 0 atom stereocenters. The zero-order valence-corrected chi connectivity index (χ0v) is 12.3. The molecule has 0 amide bonds. The lowest BCUT2D eigenvalue weighted by molar-refractivity contribution is 0.210. The molecule has 0 fully saturated rings. The zero-order chi connectivity index (χ0) is 14.4. The highest BCUT2D eigenvalue weighted by molar-refractivity contribution is 7.13. The number of rotatable bonds is 5. The average Bonchev–Trinajstić information content (AvgIpc) is 2.99. The number of hydrogen-bond acceptors (Lipinski definition) is 6. The Balaban J connectivity index is 2.32. The fourth-order valence-corrected chi connectivity index (χ4v) is 2.38. The van der Waals surface area contributed by atoms with Crippen LogP contribution >= 0.6 is 11.3 Å². The topological polar surface area (TPSA) is 56.1 Å². The Bertz CT molecular complexity index is 604. The second kappa shape index (κ2) is 6.81. The fourth-order valence-electron chi connectivity index (χ4n) is 1.74. The van der Waals surface area contributed by atoms with Crippen LogP contribution in [0.5, 0.6) is 0 Å². The standard InChI is InChI=1S/C14H15N3O2S/c1-10(16-18-2)13(17-19-3)11-4-6-12(7-5-11)14-15-8-9-20-14/h4-9H,1-3H3. The largest absolute Gasteiger partial charge is 0.399 e. The van der Waals surface area contributed by atoms with Crippen molar-refractivity contribution in [3.05, 3.63) is 41.4 Å². The predicted molar refractivity (Wildman–Crippen MR) is 81.2 cm³/mol. The van der Waals surface area contributed by atoms with Gasteiger partial charge in [0, 0.05) is 22.7 Å². The molecule has 0 saturated heterocycles. The van der Waals surface area contributed by atoms with Crippen LogP contribution in [0.1, 0.15) is 12.5 Å². The maximum absolute atomic E-state index is 4.87. The van der Waals surface area contributed by atoms with E-state index in [1.165, 1.54) is 14.2 Å². The lowest BCUT2D eigenvalue weighted by Crippen LogP contribution is -2.13. The van der Waals surface area contributed by atoms with Gasteiger partial charge in [0.05, 0.1) is 0 Å². The Hall–Kier alpha value is -2.21. The molecule has 2 rings (SSSR count).